The highest BCUT2D eigenvalue weighted by atomic mass is 35.5. The Bertz CT molecular complexity index is 999. The van der Waals surface area contributed by atoms with Gasteiger partial charge in [-0.05, 0) is 24.3 Å². The van der Waals surface area contributed by atoms with E-state index >= 15 is 0 Å². The molecule has 4 aromatic rings. The van der Waals surface area contributed by atoms with Gasteiger partial charge in [0, 0.05) is 6.07 Å². The van der Waals surface area contributed by atoms with Crippen molar-refractivity contribution in [1.82, 2.24) is 15.0 Å². The minimum Gasteiger partial charge on any atom is -0.444 e. The molecule has 22 heavy (non-hydrogen) atoms. The molecule has 0 N–H and O–H groups in total. The number of hydrogen-bond acceptors (Lipinski definition) is 4. The SMILES string of the molecule is Fc1ccc2nc3cccc(-c4nc(CCl)co4)c3nc2c1. The van der Waals surface area contributed by atoms with E-state index in [4.69, 9.17) is 16.0 Å². The Balaban J connectivity index is 2.02. The van der Waals surface area contributed by atoms with Crippen LogP contribution in [-0.2, 0) is 5.88 Å². The molecular weight excluding hydrogens is 305 g/mol. The first-order valence-corrected chi connectivity index (χ1v) is 7.15. The molecule has 4 nitrogen and oxygen atoms in total. The summed E-state index contributed by atoms with van der Waals surface area (Å²) in [6.07, 6.45) is 1.51. The van der Waals surface area contributed by atoms with Crippen LogP contribution in [0.15, 0.2) is 47.1 Å². The van der Waals surface area contributed by atoms with Crippen molar-refractivity contribution < 1.29 is 8.81 Å². The summed E-state index contributed by atoms with van der Waals surface area (Å²) in [5.41, 5.74) is 3.79. The van der Waals surface area contributed by atoms with Gasteiger partial charge < -0.3 is 4.42 Å². The second-order valence-corrected chi connectivity index (χ2v) is 5.07. The van der Waals surface area contributed by atoms with Crippen molar-refractivity contribution in [2.75, 3.05) is 0 Å². The average molecular weight is 314 g/mol. The van der Waals surface area contributed by atoms with Gasteiger partial charge in [-0.2, -0.15) is 0 Å². The first-order valence-electron chi connectivity index (χ1n) is 6.61. The largest absolute Gasteiger partial charge is 0.444 e. The van der Waals surface area contributed by atoms with Crippen LogP contribution in [0.5, 0.6) is 0 Å². The van der Waals surface area contributed by atoms with Crippen molar-refractivity contribution in [1.29, 1.82) is 0 Å². The Hall–Kier alpha value is -2.53. The van der Waals surface area contributed by atoms with E-state index in [-0.39, 0.29) is 11.7 Å². The van der Waals surface area contributed by atoms with Gasteiger partial charge >= 0.3 is 0 Å². The monoisotopic (exact) mass is 313 g/mol. The number of rotatable bonds is 2. The van der Waals surface area contributed by atoms with Gasteiger partial charge in [-0.1, -0.05) is 6.07 Å². The summed E-state index contributed by atoms with van der Waals surface area (Å²) in [5, 5.41) is 0. The maximum absolute atomic E-state index is 13.4. The second-order valence-electron chi connectivity index (χ2n) is 4.81. The number of nitrogens with zero attached hydrogens (tertiary/aromatic N) is 3. The zero-order valence-corrected chi connectivity index (χ0v) is 12.0. The van der Waals surface area contributed by atoms with Crippen molar-refractivity contribution >= 4 is 33.7 Å². The standard InChI is InChI=1S/C16H9ClFN3O/c17-7-10-8-22-16(19-10)11-2-1-3-13-15(11)21-14-6-9(18)4-5-12(14)20-13/h1-6,8H,7H2. The second kappa shape index (κ2) is 5.03. The highest BCUT2D eigenvalue weighted by Gasteiger charge is 2.13. The lowest BCUT2D eigenvalue weighted by atomic mass is 10.1. The van der Waals surface area contributed by atoms with Crippen LogP contribution in [0.1, 0.15) is 5.69 Å². The first kappa shape index (κ1) is 13.2. The number of halogens is 2. The van der Waals surface area contributed by atoms with E-state index in [0.717, 1.165) is 0 Å². The molecule has 108 valence electrons. The number of benzene rings is 2. The maximum Gasteiger partial charge on any atom is 0.228 e. The van der Waals surface area contributed by atoms with Crippen molar-refractivity contribution in [2.45, 2.75) is 5.88 Å². The van der Waals surface area contributed by atoms with Gasteiger partial charge in [0.05, 0.1) is 33.7 Å². The average Bonchev–Trinajstić information content (AvgIpc) is 3.01. The molecule has 6 heteroatoms. The molecule has 0 aliphatic rings. The van der Waals surface area contributed by atoms with E-state index in [9.17, 15) is 4.39 Å². The van der Waals surface area contributed by atoms with E-state index in [1.165, 1.54) is 18.4 Å². The topological polar surface area (TPSA) is 51.8 Å². The van der Waals surface area contributed by atoms with Crippen molar-refractivity contribution in [3.05, 3.63) is 54.2 Å². The number of aromatic nitrogens is 3. The predicted molar refractivity (Wildman–Crippen MR) is 82.1 cm³/mol. The lowest BCUT2D eigenvalue weighted by Crippen LogP contribution is -1.91. The molecule has 0 bridgehead atoms. The smallest absolute Gasteiger partial charge is 0.228 e. The van der Waals surface area contributed by atoms with E-state index in [1.54, 1.807) is 6.07 Å². The summed E-state index contributed by atoms with van der Waals surface area (Å²) in [6, 6.07) is 9.88. The first-order chi connectivity index (χ1) is 10.7. The normalized spacial score (nSPS) is 11.4. The fourth-order valence-corrected chi connectivity index (χ4v) is 2.46. The van der Waals surface area contributed by atoms with Crippen LogP contribution < -0.4 is 0 Å². The van der Waals surface area contributed by atoms with Crippen molar-refractivity contribution in [3.63, 3.8) is 0 Å². The Kier molecular flexibility index (Phi) is 3.01. The molecule has 2 aromatic heterocycles. The van der Waals surface area contributed by atoms with Crippen molar-refractivity contribution in [3.8, 4) is 11.5 Å². The minimum atomic E-state index is -0.348. The Morgan fingerprint density at radius 2 is 1.91 bits per heavy atom. The van der Waals surface area contributed by atoms with Gasteiger partial charge in [0.25, 0.3) is 0 Å². The van der Waals surface area contributed by atoms with E-state index in [1.807, 2.05) is 18.2 Å². The fraction of sp³-hybridized carbons (Fsp3) is 0.0625. The highest BCUT2D eigenvalue weighted by Crippen LogP contribution is 2.27. The molecule has 4 rings (SSSR count). The molecule has 0 saturated heterocycles. The number of alkyl halides is 1. The number of fused-ring (bicyclic) bond motifs is 2. The highest BCUT2D eigenvalue weighted by molar-refractivity contribution is 6.16. The summed E-state index contributed by atoms with van der Waals surface area (Å²) in [5.74, 6) is 0.346. The lowest BCUT2D eigenvalue weighted by molar-refractivity contribution is 0.574. The molecule has 0 spiro atoms. The molecule has 0 atom stereocenters. The summed E-state index contributed by atoms with van der Waals surface area (Å²) in [7, 11) is 0. The number of para-hydroxylation sites is 1. The minimum absolute atomic E-state index is 0.272. The summed E-state index contributed by atoms with van der Waals surface area (Å²) in [6.45, 7) is 0. The van der Waals surface area contributed by atoms with Crippen molar-refractivity contribution in [2.24, 2.45) is 0 Å². The van der Waals surface area contributed by atoms with Crippen LogP contribution in [-0.4, -0.2) is 15.0 Å². The molecule has 0 unspecified atom stereocenters. The summed E-state index contributed by atoms with van der Waals surface area (Å²) < 4.78 is 18.8. The third-order valence-electron chi connectivity index (χ3n) is 3.34. The molecular formula is C16H9ClFN3O. The molecule has 0 radical (unpaired) electrons. The van der Waals surface area contributed by atoms with E-state index in [2.05, 4.69) is 15.0 Å². The fourth-order valence-electron chi connectivity index (χ4n) is 2.33. The molecule has 2 aromatic carbocycles. The van der Waals surface area contributed by atoms with Gasteiger partial charge in [0.15, 0.2) is 0 Å². The van der Waals surface area contributed by atoms with E-state index in [0.29, 0.717) is 39.2 Å². The Morgan fingerprint density at radius 1 is 1.00 bits per heavy atom. The predicted octanol–water partition coefficient (Wildman–Crippen LogP) is 4.32. The van der Waals surface area contributed by atoms with Crippen LogP contribution in [0.2, 0.25) is 0 Å². The number of hydrogen-bond donors (Lipinski definition) is 0. The van der Waals surface area contributed by atoms with Crippen LogP contribution in [0.25, 0.3) is 33.5 Å². The Labute approximate surface area is 129 Å². The van der Waals surface area contributed by atoms with Crippen LogP contribution in [0, 0.1) is 5.82 Å². The lowest BCUT2D eigenvalue weighted by Gasteiger charge is -2.04. The third-order valence-corrected chi connectivity index (χ3v) is 3.62. The van der Waals surface area contributed by atoms with Crippen LogP contribution >= 0.6 is 11.6 Å². The van der Waals surface area contributed by atoms with Gasteiger partial charge in [-0.15, -0.1) is 11.6 Å². The van der Waals surface area contributed by atoms with Crippen LogP contribution in [0.3, 0.4) is 0 Å². The molecule has 0 aliphatic heterocycles. The summed E-state index contributed by atoms with van der Waals surface area (Å²) in [4.78, 5) is 13.3. The van der Waals surface area contributed by atoms with Crippen LogP contribution in [0.4, 0.5) is 4.39 Å². The molecule has 0 fully saturated rings. The molecule has 0 amide bonds. The molecule has 0 saturated carbocycles. The van der Waals surface area contributed by atoms with Gasteiger partial charge in [0.2, 0.25) is 5.89 Å². The summed E-state index contributed by atoms with van der Waals surface area (Å²) >= 11 is 5.75. The maximum atomic E-state index is 13.4. The Morgan fingerprint density at radius 3 is 2.73 bits per heavy atom. The zero-order valence-electron chi connectivity index (χ0n) is 11.3. The third kappa shape index (κ3) is 2.10. The van der Waals surface area contributed by atoms with Gasteiger partial charge in [-0.25, -0.2) is 19.3 Å². The number of oxazole rings is 1. The quantitative estimate of drug-likeness (QED) is 0.408. The molecule has 2 heterocycles. The molecule has 0 aliphatic carbocycles. The van der Waals surface area contributed by atoms with E-state index < -0.39 is 0 Å². The van der Waals surface area contributed by atoms with Gasteiger partial charge in [0.1, 0.15) is 17.6 Å². The zero-order chi connectivity index (χ0) is 15.1. The van der Waals surface area contributed by atoms with Gasteiger partial charge in [-0.3, -0.25) is 0 Å².